The number of aldehydes is 1. The zero-order valence-corrected chi connectivity index (χ0v) is 23.3. The lowest BCUT2D eigenvalue weighted by Gasteiger charge is -2.42. The average Bonchev–Trinajstić information content (AvgIpc) is 3.56. The van der Waals surface area contributed by atoms with Crippen molar-refractivity contribution in [1.29, 1.82) is 0 Å². The summed E-state index contributed by atoms with van der Waals surface area (Å²) in [6, 6.07) is 11.8. The number of benzene rings is 1. The van der Waals surface area contributed by atoms with E-state index in [0.717, 1.165) is 70.7 Å². The summed E-state index contributed by atoms with van der Waals surface area (Å²) < 4.78 is 3.09. The molecule has 1 aromatic carbocycles. The Morgan fingerprint density at radius 3 is 2.46 bits per heavy atom. The summed E-state index contributed by atoms with van der Waals surface area (Å²) in [5.74, 6) is 1.63. The van der Waals surface area contributed by atoms with Crippen LogP contribution in [0.15, 0.2) is 42.7 Å². The van der Waals surface area contributed by atoms with Crippen LogP contribution in [0.1, 0.15) is 51.0 Å². The Bertz CT molecular complexity index is 1330. The molecule has 3 aromatic heterocycles. The van der Waals surface area contributed by atoms with Gasteiger partial charge in [0.2, 0.25) is 0 Å². The zero-order valence-electron chi connectivity index (χ0n) is 22.5. The summed E-state index contributed by atoms with van der Waals surface area (Å²) >= 11 is 1.68. The van der Waals surface area contributed by atoms with E-state index >= 15 is 0 Å². The van der Waals surface area contributed by atoms with Crippen LogP contribution in [0.3, 0.4) is 0 Å². The number of pyridine rings is 1. The molecule has 0 amide bonds. The molecule has 1 fully saturated rings. The van der Waals surface area contributed by atoms with Crippen LogP contribution in [0.2, 0.25) is 0 Å². The van der Waals surface area contributed by atoms with Crippen LogP contribution in [0.4, 0.5) is 10.9 Å². The topological polar surface area (TPSA) is 92.1 Å². The number of hydrogen-bond donors (Lipinski definition) is 1. The Morgan fingerprint density at radius 2 is 1.81 bits per heavy atom. The van der Waals surface area contributed by atoms with Gasteiger partial charge in [-0.15, -0.1) is 10.2 Å². The minimum Gasteiger partial charge on any atom is -0.373 e. The number of carbonyl (C=O) groups is 1. The lowest BCUT2D eigenvalue weighted by Crippen LogP contribution is -2.53. The molecule has 0 atom stereocenters. The minimum atomic E-state index is 0.235. The molecule has 4 aromatic rings. The van der Waals surface area contributed by atoms with Crippen LogP contribution in [-0.2, 0) is 0 Å². The first-order valence-corrected chi connectivity index (χ1v) is 13.4. The summed E-state index contributed by atoms with van der Waals surface area (Å²) in [6.45, 7) is 15.1. The number of piperazine rings is 1. The molecule has 196 valence electrons. The molecule has 1 saturated heterocycles. The number of thiazole rings is 1. The number of nitrogens with zero attached hydrogens (tertiary/aromatic N) is 7. The molecule has 9 nitrogen and oxygen atoms in total. The molecule has 0 bridgehead atoms. The molecule has 1 N–H and O–H groups in total. The molecule has 1 aliphatic heterocycles. The maximum absolute atomic E-state index is 10.9. The van der Waals surface area contributed by atoms with Crippen molar-refractivity contribution < 1.29 is 4.79 Å². The van der Waals surface area contributed by atoms with Crippen LogP contribution in [-0.4, -0.2) is 74.7 Å². The van der Waals surface area contributed by atoms with E-state index in [1.165, 1.54) is 0 Å². The van der Waals surface area contributed by atoms with E-state index < -0.39 is 0 Å². The number of hydrogen-bond acceptors (Lipinski definition) is 9. The summed E-state index contributed by atoms with van der Waals surface area (Å²) in [6.07, 6.45) is 2.62. The number of rotatable bonds is 5. The third-order valence-electron chi connectivity index (χ3n) is 6.40. The number of nitrogens with one attached hydrogen (secondary N) is 1. The largest absolute Gasteiger partial charge is 0.373 e. The van der Waals surface area contributed by atoms with E-state index in [-0.39, 0.29) is 5.54 Å². The van der Waals surface area contributed by atoms with Gasteiger partial charge < -0.3 is 14.8 Å². The van der Waals surface area contributed by atoms with E-state index in [9.17, 15) is 4.79 Å². The second-order valence-corrected chi connectivity index (χ2v) is 11.3. The fourth-order valence-electron chi connectivity index (χ4n) is 4.21. The van der Waals surface area contributed by atoms with Crippen molar-refractivity contribution >= 4 is 38.8 Å². The van der Waals surface area contributed by atoms with Crippen LogP contribution in [0, 0.1) is 0 Å². The van der Waals surface area contributed by atoms with Gasteiger partial charge >= 0.3 is 0 Å². The highest BCUT2D eigenvalue weighted by molar-refractivity contribution is 7.22. The van der Waals surface area contributed by atoms with Gasteiger partial charge in [-0.25, -0.2) is 9.97 Å². The normalized spacial score (nSPS) is 14.5. The van der Waals surface area contributed by atoms with Gasteiger partial charge in [0.1, 0.15) is 24.1 Å². The van der Waals surface area contributed by atoms with Crippen molar-refractivity contribution in [3.05, 3.63) is 48.3 Å². The Labute approximate surface area is 222 Å². The molecule has 0 spiro atoms. The van der Waals surface area contributed by atoms with Gasteiger partial charge in [-0.3, -0.25) is 9.69 Å². The molecule has 5 rings (SSSR count). The Morgan fingerprint density at radius 1 is 1.05 bits per heavy atom. The summed E-state index contributed by atoms with van der Waals surface area (Å²) in [4.78, 5) is 24.9. The highest BCUT2D eigenvalue weighted by atomic mass is 32.1. The van der Waals surface area contributed by atoms with Gasteiger partial charge in [-0.1, -0.05) is 17.4 Å². The number of carbonyl (C=O) groups excluding carboxylic acids is 1. The molecule has 4 heterocycles. The molecule has 10 heteroatoms. The van der Waals surface area contributed by atoms with Crippen LogP contribution < -0.4 is 10.2 Å². The maximum atomic E-state index is 10.9. The molecule has 0 saturated carbocycles. The third kappa shape index (κ3) is 6.31. The quantitative estimate of drug-likeness (QED) is 0.368. The predicted octanol–water partition coefficient (Wildman–Crippen LogP) is 4.99. The predicted molar refractivity (Wildman–Crippen MR) is 152 cm³/mol. The molecule has 0 aliphatic carbocycles. The van der Waals surface area contributed by atoms with Gasteiger partial charge in [0, 0.05) is 50.4 Å². The number of aromatic nitrogens is 5. The monoisotopic (exact) mass is 520 g/mol. The molecule has 1 aliphatic rings. The summed E-state index contributed by atoms with van der Waals surface area (Å²) in [5.41, 5.74) is 2.77. The Kier molecular flexibility index (Phi) is 8.19. The van der Waals surface area contributed by atoms with Crippen LogP contribution in [0.25, 0.3) is 21.7 Å². The number of anilines is 2. The van der Waals surface area contributed by atoms with E-state index in [2.05, 4.69) is 64.9 Å². The average molecular weight is 521 g/mol. The van der Waals surface area contributed by atoms with Crippen molar-refractivity contribution in [3.8, 4) is 11.5 Å². The Hall–Kier alpha value is -3.37. The van der Waals surface area contributed by atoms with E-state index in [1.807, 2.05) is 48.0 Å². The maximum Gasteiger partial charge on any atom is 0.186 e. The van der Waals surface area contributed by atoms with E-state index in [1.54, 1.807) is 17.7 Å². The third-order valence-corrected chi connectivity index (χ3v) is 7.48. The second-order valence-electron chi connectivity index (χ2n) is 10.3. The van der Waals surface area contributed by atoms with E-state index in [4.69, 9.17) is 4.98 Å². The first-order chi connectivity index (χ1) is 17.7. The molecular weight excluding hydrogens is 484 g/mol. The van der Waals surface area contributed by atoms with Crippen LogP contribution >= 0.6 is 11.3 Å². The standard InChI is InChI=1S/C16H21N3OS.C11H15N5/c1-16(2,3)19-8-6-18(7-9-19)15-17-13-5-4-12(11-20)10-14(13)21-15;1-8(2)16-7-13-15-11(16)9-5-4-6-10(12-3)14-9/h4-5,10-11H,6-9H2,1-3H3;4-8H,1-3H3,(H,12,14). The van der Waals surface area contributed by atoms with Crippen molar-refractivity contribution in [2.24, 2.45) is 0 Å². The molecule has 0 radical (unpaired) electrons. The van der Waals surface area contributed by atoms with Gasteiger partial charge in [-0.2, -0.15) is 0 Å². The van der Waals surface area contributed by atoms with Gasteiger partial charge in [0.05, 0.1) is 10.2 Å². The first-order valence-electron chi connectivity index (χ1n) is 12.6. The fraction of sp³-hybridized carbons (Fsp3) is 0.444. The van der Waals surface area contributed by atoms with Crippen molar-refractivity contribution in [1.82, 2.24) is 29.6 Å². The zero-order chi connectivity index (χ0) is 26.6. The summed E-state index contributed by atoms with van der Waals surface area (Å²) in [7, 11) is 1.85. The first kappa shape index (κ1) is 26.7. The lowest BCUT2D eigenvalue weighted by atomic mass is 10.1. The summed E-state index contributed by atoms with van der Waals surface area (Å²) in [5, 5.41) is 12.1. The van der Waals surface area contributed by atoms with Crippen LogP contribution in [0.5, 0.6) is 0 Å². The fourth-order valence-corrected chi connectivity index (χ4v) is 5.27. The van der Waals surface area contributed by atoms with E-state index in [0.29, 0.717) is 6.04 Å². The molecular formula is C27H36N8OS. The van der Waals surface area contributed by atoms with Crippen molar-refractivity contribution in [2.75, 3.05) is 43.4 Å². The SMILES string of the molecule is CC(C)(C)N1CCN(c2nc3ccc(C=O)cc3s2)CC1.CNc1cccc(-c2nncn2C(C)C)n1. The van der Waals surface area contributed by atoms with Gasteiger partial charge in [-0.05, 0) is 65.0 Å². The molecule has 37 heavy (non-hydrogen) atoms. The van der Waals surface area contributed by atoms with Gasteiger partial charge in [0.25, 0.3) is 0 Å². The smallest absolute Gasteiger partial charge is 0.186 e. The highest BCUT2D eigenvalue weighted by Crippen LogP contribution is 2.30. The second kappa shape index (κ2) is 11.4. The lowest BCUT2D eigenvalue weighted by molar-refractivity contribution is 0.112. The van der Waals surface area contributed by atoms with Crippen molar-refractivity contribution in [3.63, 3.8) is 0 Å². The molecule has 0 unspecified atom stereocenters. The Balaban J connectivity index is 0.000000180. The number of fused-ring (bicyclic) bond motifs is 1. The van der Waals surface area contributed by atoms with Gasteiger partial charge in [0.15, 0.2) is 11.0 Å². The minimum absolute atomic E-state index is 0.235. The van der Waals surface area contributed by atoms with Crippen molar-refractivity contribution in [2.45, 2.75) is 46.2 Å². The highest BCUT2D eigenvalue weighted by Gasteiger charge is 2.27.